The first-order valence-electron chi connectivity index (χ1n) is 10.4. The SMILES string of the molecule is O=C(C[C@H](c1ccc(F)cc1)N1Cc2ccccc2C1=O)NCc1ccc2c(c1)OCO2. The van der Waals surface area contributed by atoms with Gasteiger partial charge < -0.3 is 19.7 Å². The maximum Gasteiger partial charge on any atom is 0.255 e. The molecular weight excluding hydrogens is 411 g/mol. The molecule has 0 aromatic heterocycles. The standard InChI is InChI=1S/C25H21FN2O4/c26-19-8-6-17(7-9-19)21(28-14-18-3-1-2-4-20(18)25(28)30)12-24(29)27-13-16-5-10-22-23(11-16)32-15-31-22/h1-11,21H,12-15H2,(H,27,29)/t21-/m1/s1. The van der Waals surface area contributed by atoms with E-state index in [0.717, 1.165) is 11.1 Å². The molecule has 0 aliphatic carbocycles. The highest BCUT2D eigenvalue weighted by molar-refractivity contribution is 5.98. The summed E-state index contributed by atoms with van der Waals surface area (Å²) in [4.78, 5) is 27.6. The number of benzene rings is 3. The highest BCUT2D eigenvalue weighted by atomic mass is 19.1. The molecule has 2 aliphatic rings. The Morgan fingerprint density at radius 3 is 2.62 bits per heavy atom. The van der Waals surface area contributed by atoms with E-state index in [-0.39, 0.29) is 30.8 Å². The van der Waals surface area contributed by atoms with E-state index in [1.165, 1.54) is 12.1 Å². The molecule has 0 radical (unpaired) electrons. The Kier molecular flexibility index (Phi) is 5.23. The Bertz CT molecular complexity index is 1180. The third kappa shape index (κ3) is 3.89. The van der Waals surface area contributed by atoms with Crippen LogP contribution in [0.4, 0.5) is 4.39 Å². The van der Waals surface area contributed by atoms with Gasteiger partial charge in [-0.05, 0) is 47.0 Å². The van der Waals surface area contributed by atoms with Crippen molar-refractivity contribution in [3.05, 3.63) is 94.8 Å². The molecule has 162 valence electrons. The molecule has 5 rings (SSSR count). The van der Waals surface area contributed by atoms with Gasteiger partial charge in [-0.15, -0.1) is 0 Å². The zero-order valence-electron chi connectivity index (χ0n) is 17.2. The molecule has 3 aromatic carbocycles. The minimum absolute atomic E-state index is 0.0654. The Morgan fingerprint density at radius 1 is 1.03 bits per heavy atom. The maximum absolute atomic E-state index is 13.5. The lowest BCUT2D eigenvalue weighted by atomic mass is 10.0. The van der Waals surface area contributed by atoms with Crippen molar-refractivity contribution in [2.75, 3.05) is 6.79 Å². The molecule has 7 heteroatoms. The molecule has 6 nitrogen and oxygen atoms in total. The second-order valence-electron chi connectivity index (χ2n) is 7.83. The minimum atomic E-state index is -0.507. The highest BCUT2D eigenvalue weighted by Gasteiger charge is 2.34. The lowest BCUT2D eigenvalue weighted by Crippen LogP contribution is -2.34. The molecule has 0 unspecified atom stereocenters. The van der Waals surface area contributed by atoms with Gasteiger partial charge in [-0.1, -0.05) is 36.4 Å². The fourth-order valence-electron chi connectivity index (χ4n) is 4.12. The van der Waals surface area contributed by atoms with Gasteiger partial charge in [-0.25, -0.2) is 4.39 Å². The van der Waals surface area contributed by atoms with Gasteiger partial charge in [-0.3, -0.25) is 9.59 Å². The molecule has 1 N–H and O–H groups in total. The van der Waals surface area contributed by atoms with Crippen molar-refractivity contribution in [3.8, 4) is 11.5 Å². The number of hydrogen-bond acceptors (Lipinski definition) is 4. The number of carbonyl (C=O) groups is 2. The summed E-state index contributed by atoms with van der Waals surface area (Å²) >= 11 is 0. The monoisotopic (exact) mass is 432 g/mol. The van der Waals surface area contributed by atoms with Crippen molar-refractivity contribution < 1.29 is 23.5 Å². The molecule has 0 saturated heterocycles. The van der Waals surface area contributed by atoms with E-state index in [1.54, 1.807) is 23.1 Å². The number of fused-ring (bicyclic) bond motifs is 2. The van der Waals surface area contributed by atoms with Crippen molar-refractivity contribution >= 4 is 11.8 Å². The van der Waals surface area contributed by atoms with E-state index >= 15 is 0 Å². The Morgan fingerprint density at radius 2 is 1.81 bits per heavy atom. The molecule has 1 atom stereocenters. The zero-order valence-corrected chi connectivity index (χ0v) is 17.2. The van der Waals surface area contributed by atoms with E-state index in [9.17, 15) is 14.0 Å². The number of rotatable bonds is 6. The average Bonchev–Trinajstić information content (AvgIpc) is 3.41. The van der Waals surface area contributed by atoms with Crippen LogP contribution in [0.25, 0.3) is 0 Å². The second-order valence-corrected chi connectivity index (χ2v) is 7.83. The normalized spacial score (nSPS) is 14.9. The largest absolute Gasteiger partial charge is 0.454 e. The molecule has 0 saturated carbocycles. The van der Waals surface area contributed by atoms with E-state index in [4.69, 9.17) is 9.47 Å². The van der Waals surface area contributed by atoms with E-state index in [0.29, 0.717) is 35.7 Å². The number of carbonyl (C=O) groups excluding carboxylic acids is 2. The summed E-state index contributed by atoms with van der Waals surface area (Å²) in [5.41, 5.74) is 3.15. The van der Waals surface area contributed by atoms with E-state index in [2.05, 4.69) is 5.32 Å². The smallest absolute Gasteiger partial charge is 0.255 e. The van der Waals surface area contributed by atoms with Crippen molar-refractivity contribution in [1.82, 2.24) is 10.2 Å². The van der Waals surface area contributed by atoms with Crippen LogP contribution in [0, 0.1) is 5.82 Å². The van der Waals surface area contributed by atoms with Crippen LogP contribution in [0.1, 0.15) is 39.5 Å². The van der Waals surface area contributed by atoms with Gasteiger partial charge in [0.25, 0.3) is 5.91 Å². The van der Waals surface area contributed by atoms with Crippen molar-refractivity contribution in [1.29, 1.82) is 0 Å². The number of nitrogens with zero attached hydrogens (tertiary/aromatic N) is 1. The van der Waals surface area contributed by atoms with Crippen LogP contribution in [0.15, 0.2) is 66.7 Å². The van der Waals surface area contributed by atoms with Crippen LogP contribution >= 0.6 is 0 Å². The lowest BCUT2D eigenvalue weighted by Gasteiger charge is -2.28. The quantitative estimate of drug-likeness (QED) is 0.640. The minimum Gasteiger partial charge on any atom is -0.454 e. The number of amides is 2. The first-order chi connectivity index (χ1) is 15.6. The Labute approximate surface area is 184 Å². The van der Waals surface area contributed by atoms with Gasteiger partial charge in [0.05, 0.1) is 12.5 Å². The first-order valence-corrected chi connectivity index (χ1v) is 10.4. The average molecular weight is 432 g/mol. The van der Waals surface area contributed by atoms with Gasteiger partial charge >= 0.3 is 0 Å². The van der Waals surface area contributed by atoms with Crippen LogP contribution in [-0.2, 0) is 17.9 Å². The summed E-state index contributed by atoms with van der Waals surface area (Å²) in [7, 11) is 0. The predicted molar refractivity (Wildman–Crippen MR) is 114 cm³/mol. The van der Waals surface area contributed by atoms with Crippen molar-refractivity contribution in [2.24, 2.45) is 0 Å². The van der Waals surface area contributed by atoms with Gasteiger partial charge in [0.15, 0.2) is 11.5 Å². The molecule has 2 amide bonds. The van der Waals surface area contributed by atoms with Gasteiger partial charge in [-0.2, -0.15) is 0 Å². The molecule has 32 heavy (non-hydrogen) atoms. The molecule has 0 spiro atoms. The van der Waals surface area contributed by atoms with Crippen molar-refractivity contribution in [2.45, 2.75) is 25.6 Å². The van der Waals surface area contributed by atoms with Crippen LogP contribution in [0.3, 0.4) is 0 Å². The lowest BCUT2D eigenvalue weighted by molar-refractivity contribution is -0.122. The molecule has 0 fully saturated rings. The van der Waals surface area contributed by atoms with E-state index in [1.807, 2.05) is 36.4 Å². The number of ether oxygens (including phenoxy) is 2. The second kappa shape index (κ2) is 8.34. The molecule has 0 bridgehead atoms. The number of halogens is 1. The van der Waals surface area contributed by atoms with Gasteiger partial charge in [0.1, 0.15) is 5.82 Å². The molecule has 2 heterocycles. The number of hydrogen-bond donors (Lipinski definition) is 1. The highest BCUT2D eigenvalue weighted by Crippen LogP contribution is 2.34. The Balaban J connectivity index is 1.32. The summed E-state index contributed by atoms with van der Waals surface area (Å²) in [6, 6.07) is 18.4. The fraction of sp³-hybridized carbons (Fsp3) is 0.200. The van der Waals surface area contributed by atoms with Crippen LogP contribution in [0.2, 0.25) is 0 Å². The van der Waals surface area contributed by atoms with Gasteiger partial charge in [0.2, 0.25) is 12.7 Å². The summed E-state index contributed by atoms with van der Waals surface area (Å²) in [6.45, 7) is 0.920. The number of nitrogens with one attached hydrogen (secondary N) is 1. The summed E-state index contributed by atoms with van der Waals surface area (Å²) in [6.07, 6.45) is 0.0654. The molecule has 3 aromatic rings. The van der Waals surface area contributed by atoms with E-state index < -0.39 is 6.04 Å². The fourth-order valence-corrected chi connectivity index (χ4v) is 4.12. The van der Waals surface area contributed by atoms with Crippen LogP contribution in [-0.4, -0.2) is 23.5 Å². The Hall–Kier alpha value is -3.87. The molecule has 2 aliphatic heterocycles. The maximum atomic E-state index is 13.5. The summed E-state index contributed by atoms with van der Waals surface area (Å²) < 4.78 is 24.2. The topological polar surface area (TPSA) is 67.9 Å². The van der Waals surface area contributed by atoms with Gasteiger partial charge in [0, 0.05) is 18.7 Å². The van der Waals surface area contributed by atoms with Crippen LogP contribution < -0.4 is 14.8 Å². The third-order valence-corrected chi connectivity index (χ3v) is 5.79. The summed E-state index contributed by atoms with van der Waals surface area (Å²) in [5, 5.41) is 2.91. The first kappa shape index (κ1) is 20.1. The predicted octanol–water partition coefficient (Wildman–Crippen LogP) is 3.96. The zero-order chi connectivity index (χ0) is 22.1. The van der Waals surface area contributed by atoms with Crippen LogP contribution in [0.5, 0.6) is 11.5 Å². The molecular formula is C25H21FN2O4. The van der Waals surface area contributed by atoms with Crippen molar-refractivity contribution in [3.63, 3.8) is 0 Å². The summed E-state index contributed by atoms with van der Waals surface area (Å²) in [5.74, 6) is 0.639. The third-order valence-electron chi connectivity index (χ3n) is 5.79.